The highest BCUT2D eigenvalue weighted by molar-refractivity contribution is 6.00. The van der Waals surface area contributed by atoms with E-state index >= 15 is 0 Å². The van der Waals surface area contributed by atoms with Crippen LogP contribution in [0.2, 0.25) is 0 Å². The maximum Gasteiger partial charge on any atom is 0.0434 e. The maximum atomic E-state index is 9.65. The van der Waals surface area contributed by atoms with Crippen LogP contribution in [0.25, 0.3) is 11.1 Å². The van der Waals surface area contributed by atoms with Crippen molar-refractivity contribution in [3.8, 4) is 0 Å². The van der Waals surface area contributed by atoms with Gasteiger partial charge in [0.15, 0.2) is 0 Å². The van der Waals surface area contributed by atoms with Crippen molar-refractivity contribution >= 4 is 16.8 Å². The molecule has 0 unspecified atom stereocenters. The average Bonchev–Trinajstić information content (AvgIpc) is 3.11. The molecule has 2 aromatic carbocycles. The second kappa shape index (κ2) is 12.0. The van der Waals surface area contributed by atoms with E-state index in [2.05, 4.69) is 103 Å². The van der Waals surface area contributed by atoms with Crippen LogP contribution in [-0.4, -0.2) is 49.3 Å². The Hall–Kier alpha value is -2.88. The first-order valence-corrected chi connectivity index (χ1v) is 12.7. The van der Waals surface area contributed by atoms with Crippen molar-refractivity contribution in [3.63, 3.8) is 0 Å². The smallest absolute Gasteiger partial charge is 0.0434 e. The Bertz CT molecular complexity index is 1050. The van der Waals surface area contributed by atoms with Gasteiger partial charge >= 0.3 is 0 Å². The summed E-state index contributed by atoms with van der Waals surface area (Å²) in [4.78, 5) is 5.02. The summed E-state index contributed by atoms with van der Waals surface area (Å²) < 4.78 is 0. The first-order valence-electron chi connectivity index (χ1n) is 12.7. The van der Waals surface area contributed by atoms with Crippen LogP contribution in [-0.2, 0) is 0 Å². The zero-order valence-corrected chi connectivity index (χ0v) is 20.7. The Labute approximate surface area is 205 Å². The van der Waals surface area contributed by atoms with Crippen molar-refractivity contribution in [2.24, 2.45) is 0 Å². The fourth-order valence-corrected chi connectivity index (χ4v) is 4.90. The third-order valence-electron chi connectivity index (χ3n) is 6.94. The molecule has 1 heterocycles. The molecule has 0 radical (unpaired) electrons. The third-order valence-corrected chi connectivity index (χ3v) is 6.94. The summed E-state index contributed by atoms with van der Waals surface area (Å²) in [5.74, 6) is 0. The minimum absolute atomic E-state index is 0.196. The van der Waals surface area contributed by atoms with Crippen molar-refractivity contribution in [1.29, 1.82) is 0 Å². The van der Waals surface area contributed by atoms with Gasteiger partial charge in [0.05, 0.1) is 0 Å². The Morgan fingerprint density at radius 1 is 0.853 bits per heavy atom. The Morgan fingerprint density at radius 2 is 1.59 bits per heavy atom. The SMILES string of the molecule is CCN1CCN(c2ccc(/C(C3=CCC=C(C)C=C3)=C(/CCCO)c3ccccc3)cc2)CC1. The molecule has 1 aliphatic carbocycles. The van der Waals surface area contributed by atoms with Crippen molar-refractivity contribution in [3.05, 3.63) is 101 Å². The second-order valence-electron chi connectivity index (χ2n) is 9.19. The summed E-state index contributed by atoms with van der Waals surface area (Å²) in [6, 6.07) is 19.8. The molecule has 3 nitrogen and oxygen atoms in total. The van der Waals surface area contributed by atoms with E-state index in [1.54, 1.807) is 0 Å². The third kappa shape index (κ3) is 5.97. The lowest BCUT2D eigenvalue weighted by molar-refractivity contribution is 0.271. The van der Waals surface area contributed by atoms with Gasteiger partial charge in [-0.2, -0.15) is 0 Å². The van der Waals surface area contributed by atoms with Crippen molar-refractivity contribution < 1.29 is 5.11 Å². The van der Waals surface area contributed by atoms with Crippen LogP contribution in [0.5, 0.6) is 0 Å². The van der Waals surface area contributed by atoms with Crippen LogP contribution in [0.3, 0.4) is 0 Å². The van der Waals surface area contributed by atoms with Crippen LogP contribution in [0.15, 0.2) is 90.0 Å². The van der Waals surface area contributed by atoms with E-state index in [-0.39, 0.29) is 6.61 Å². The first kappa shape index (κ1) is 24.3. The number of benzene rings is 2. The summed E-state index contributed by atoms with van der Waals surface area (Å²) in [6.07, 6.45) is 11.6. The Balaban J connectivity index is 1.74. The van der Waals surface area contributed by atoms with Crippen LogP contribution in [0.4, 0.5) is 5.69 Å². The second-order valence-corrected chi connectivity index (χ2v) is 9.19. The topological polar surface area (TPSA) is 26.7 Å². The summed E-state index contributed by atoms with van der Waals surface area (Å²) in [5, 5.41) is 9.65. The molecule has 0 aromatic heterocycles. The Kier molecular flexibility index (Phi) is 8.56. The van der Waals surface area contributed by atoms with E-state index in [1.807, 2.05) is 0 Å². The average molecular weight is 455 g/mol. The van der Waals surface area contributed by atoms with Crippen LogP contribution >= 0.6 is 0 Å². The molecule has 178 valence electrons. The van der Waals surface area contributed by atoms with Crippen molar-refractivity contribution in [1.82, 2.24) is 4.90 Å². The number of anilines is 1. The number of aliphatic hydroxyl groups excluding tert-OH is 1. The predicted octanol–water partition coefficient (Wildman–Crippen LogP) is 6.34. The molecule has 1 saturated heterocycles. The van der Waals surface area contributed by atoms with E-state index < -0.39 is 0 Å². The van der Waals surface area contributed by atoms with Gasteiger partial charge in [0.1, 0.15) is 0 Å². The molecular formula is C31H38N2O. The highest BCUT2D eigenvalue weighted by atomic mass is 16.2. The number of aliphatic hydroxyl groups is 1. The molecule has 0 saturated carbocycles. The fourth-order valence-electron chi connectivity index (χ4n) is 4.90. The largest absolute Gasteiger partial charge is 0.396 e. The number of hydrogen-bond donors (Lipinski definition) is 1. The molecule has 0 atom stereocenters. The minimum Gasteiger partial charge on any atom is -0.396 e. The molecule has 1 fully saturated rings. The maximum absolute atomic E-state index is 9.65. The number of piperazine rings is 1. The van der Waals surface area contributed by atoms with Gasteiger partial charge in [-0.15, -0.1) is 0 Å². The predicted molar refractivity (Wildman–Crippen MR) is 146 cm³/mol. The van der Waals surface area contributed by atoms with Gasteiger partial charge in [-0.25, -0.2) is 0 Å². The summed E-state index contributed by atoms with van der Waals surface area (Å²) in [5.41, 5.74) is 8.91. The van der Waals surface area contributed by atoms with E-state index in [4.69, 9.17) is 0 Å². The molecule has 1 N–H and O–H groups in total. The summed E-state index contributed by atoms with van der Waals surface area (Å²) in [7, 11) is 0. The van der Waals surface area contributed by atoms with Gasteiger partial charge in [0.2, 0.25) is 0 Å². The molecular weight excluding hydrogens is 416 g/mol. The van der Waals surface area contributed by atoms with Crippen LogP contribution < -0.4 is 4.90 Å². The van der Waals surface area contributed by atoms with E-state index in [0.29, 0.717) is 0 Å². The Morgan fingerprint density at radius 3 is 2.26 bits per heavy atom. The number of nitrogens with zero attached hydrogens (tertiary/aromatic N) is 2. The molecule has 34 heavy (non-hydrogen) atoms. The summed E-state index contributed by atoms with van der Waals surface area (Å²) >= 11 is 0. The lowest BCUT2D eigenvalue weighted by atomic mass is 9.86. The highest BCUT2D eigenvalue weighted by Gasteiger charge is 2.18. The molecule has 0 spiro atoms. The van der Waals surface area contributed by atoms with Gasteiger partial charge in [0.25, 0.3) is 0 Å². The molecule has 2 aliphatic rings. The van der Waals surface area contributed by atoms with Gasteiger partial charge in [-0.3, -0.25) is 0 Å². The van der Waals surface area contributed by atoms with Gasteiger partial charge in [0, 0.05) is 38.5 Å². The summed E-state index contributed by atoms with van der Waals surface area (Å²) in [6.45, 7) is 10.2. The van der Waals surface area contributed by atoms with Gasteiger partial charge in [-0.1, -0.05) is 79.3 Å². The van der Waals surface area contributed by atoms with E-state index in [0.717, 1.165) is 52.0 Å². The standard InChI is InChI=1S/C31H38N2O/c1-3-32-20-22-33(23-21-32)29-18-16-28(17-19-29)31(27-12-7-9-25(2)14-15-27)30(13-8-24-34)26-10-5-4-6-11-26/h4-6,9-12,14-19,34H,3,7-8,13,20-24H2,1-2H3/b31-30-. The lowest BCUT2D eigenvalue weighted by Crippen LogP contribution is -2.46. The number of rotatable bonds is 8. The molecule has 1 aliphatic heterocycles. The quantitative estimate of drug-likeness (QED) is 0.471. The first-order chi connectivity index (χ1) is 16.7. The molecule has 4 rings (SSSR count). The van der Waals surface area contributed by atoms with Crippen LogP contribution in [0, 0.1) is 0 Å². The number of allylic oxidation sites excluding steroid dienone is 8. The zero-order valence-electron chi connectivity index (χ0n) is 20.7. The lowest BCUT2D eigenvalue weighted by Gasteiger charge is -2.35. The molecule has 3 heteroatoms. The zero-order chi connectivity index (χ0) is 23.8. The molecule has 2 aromatic rings. The van der Waals surface area contributed by atoms with Crippen LogP contribution in [0.1, 0.15) is 44.2 Å². The normalized spacial score (nSPS) is 17.7. The van der Waals surface area contributed by atoms with Crippen molar-refractivity contribution in [2.75, 3.05) is 44.2 Å². The molecule has 0 amide bonds. The molecule has 0 bridgehead atoms. The number of likely N-dealkylation sites (N-methyl/N-ethyl adjacent to an activating group) is 1. The van der Waals surface area contributed by atoms with Gasteiger partial charge in [-0.05, 0) is 72.7 Å². The fraction of sp³-hybridized carbons (Fsp3) is 0.355. The van der Waals surface area contributed by atoms with E-state index in [1.165, 1.54) is 39.1 Å². The minimum atomic E-state index is 0.196. The van der Waals surface area contributed by atoms with Gasteiger partial charge < -0.3 is 14.9 Å². The monoisotopic (exact) mass is 454 g/mol. The number of hydrogen-bond acceptors (Lipinski definition) is 3. The highest BCUT2D eigenvalue weighted by Crippen LogP contribution is 2.37. The van der Waals surface area contributed by atoms with Crippen molar-refractivity contribution in [2.45, 2.75) is 33.1 Å². The van der Waals surface area contributed by atoms with E-state index in [9.17, 15) is 5.11 Å².